The number of rotatable bonds is 6. The zero-order valence-corrected chi connectivity index (χ0v) is 17.8. The van der Waals surface area contributed by atoms with Crippen LogP contribution in [0.2, 0.25) is 0 Å². The first kappa shape index (κ1) is 20.1. The van der Waals surface area contributed by atoms with Gasteiger partial charge in [-0.2, -0.15) is 0 Å². The van der Waals surface area contributed by atoms with E-state index in [1.54, 1.807) is 42.8 Å². The molecule has 4 rings (SSSR count). The first-order valence-corrected chi connectivity index (χ1v) is 10.4. The molecule has 0 atom stereocenters. The van der Waals surface area contributed by atoms with Crippen LogP contribution in [-0.4, -0.2) is 31.1 Å². The number of amides is 1. The molecule has 1 fully saturated rings. The van der Waals surface area contributed by atoms with Crippen LogP contribution in [0, 0.1) is 6.92 Å². The van der Waals surface area contributed by atoms with E-state index in [4.69, 9.17) is 16.6 Å². The summed E-state index contributed by atoms with van der Waals surface area (Å²) in [6.45, 7) is 6.26. The maximum Gasteiger partial charge on any atom is 0.267 e. The third-order valence-electron chi connectivity index (χ3n) is 4.46. The van der Waals surface area contributed by atoms with Gasteiger partial charge < -0.3 is 9.73 Å². The Morgan fingerprint density at radius 3 is 2.90 bits per heavy atom. The molecule has 0 aromatic carbocycles. The monoisotopic (exact) mass is 438 g/mol. The molecule has 152 valence electrons. The number of aromatic nitrogens is 2. The average Bonchev–Trinajstić information content (AvgIpc) is 3.33. The molecule has 1 saturated heterocycles. The Morgan fingerprint density at radius 2 is 2.17 bits per heavy atom. The van der Waals surface area contributed by atoms with E-state index in [-0.39, 0.29) is 18.0 Å². The SMILES string of the molecule is C=CCNc1nc2ccc(C)cn2c(=O)c1/C=C1\SC(=S)N(Cc2ccco2)C1=O. The summed E-state index contributed by atoms with van der Waals surface area (Å²) < 4.78 is 7.21. The second-order valence-electron chi connectivity index (χ2n) is 6.63. The molecule has 0 bridgehead atoms. The summed E-state index contributed by atoms with van der Waals surface area (Å²) >= 11 is 6.52. The second-order valence-corrected chi connectivity index (χ2v) is 8.31. The number of fused-ring (bicyclic) bond motifs is 1. The van der Waals surface area contributed by atoms with E-state index in [1.165, 1.54) is 9.30 Å². The van der Waals surface area contributed by atoms with Crippen LogP contribution < -0.4 is 10.9 Å². The summed E-state index contributed by atoms with van der Waals surface area (Å²) in [5, 5.41) is 3.09. The summed E-state index contributed by atoms with van der Waals surface area (Å²) in [6.07, 6.45) is 6.49. The molecule has 0 aliphatic carbocycles. The summed E-state index contributed by atoms with van der Waals surface area (Å²) in [5.74, 6) is 0.744. The fourth-order valence-corrected chi connectivity index (χ4v) is 4.26. The highest BCUT2D eigenvalue weighted by atomic mass is 32.2. The second kappa shape index (κ2) is 8.29. The first-order chi connectivity index (χ1) is 14.5. The molecule has 0 saturated carbocycles. The van der Waals surface area contributed by atoms with Crippen LogP contribution in [0.5, 0.6) is 0 Å². The van der Waals surface area contributed by atoms with E-state index < -0.39 is 0 Å². The zero-order valence-electron chi connectivity index (χ0n) is 16.1. The van der Waals surface area contributed by atoms with Crippen molar-refractivity contribution in [1.82, 2.24) is 14.3 Å². The Bertz CT molecular complexity index is 1250. The number of furan rings is 1. The minimum atomic E-state index is -0.273. The number of aryl methyl sites for hydroxylation is 1. The number of thioether (sulfide) groups is 1. The van der Waals surface area contributed by atoms with Crippen molar-refractivity contribution in [2.24, 2.45) is 0 Å². The highest BCUT2D eigenvalue weighted by Crippen LogP contribution is 2.34. The topological polar surface area (TPSA) is 79.9 Å². The van der Waals surface area contributed by atoms with E-state index >= 15 is 0 Å². The van der Waals surface area contributed by atoms with Crippen LogP contribution in [0.25, 0.3) is 11.7 Å². The third-order valence-corrected chi connectivity index (χ3v) is 5.84. The van der Waals surface area contributed by atoms with Gasteiger partial charge in [-0.15, -0.1) is 6.58 Å². The minimum Gasteiger partial charge on any atom is -0.467 e. The van der Waals surface area contributed by atoms with Crippen molar-refractivity contribution in [3.05, 3.63) is 81.5 Å². The first-order valence-electron chi connectivity index (χ1n) is 9.13. The van der Waals surface area contributed by atoms with Crippen molar-refractivity contribution in [2.45, 2.75) is 13.5 Å². The van der Waals surface area contributed by atoms with Crippen LogP contribution in [-0.2, 0) is 11.3 Å². The van der Waals surface area contributed by atoms with Crippen molar-refractivity contribution in [1.29, 1.82) is 0 Å². The summed E-state index contributed by atoms with van der Waals surface area (Å²) in [5.41, 5.74) is 1.46. The van der Waals surface area contributed by atoms with Gasteiger partial charge in [-0.3, -0.25) is 18.9 Å². The van der Waals surface area contributed by atoms with Crippen molar-refractivity contribution >= 4 is 51.7 Å². The molecule has 1 amide bonds. The Labute approximate surface area is 182 Å². The van der Waals surface area contributed by atoms with Crippen LogP contribution >= 0.6 is 24.0 Å². The fourth-order valence-electron chi connectivity index (χ4n) is 3.02. The lowest BCUT2D eigenvalue weighted by Crippen LogP contribution is -2.27. The molecular weight excluding hydrogens is 420 g/mol. The third kappa shape index (κ3) is 3.81. The lowest BCUT2D eigenvalue weighted by Gasteiger charge is -2.12. The quantitative estimate of drug-likeness (QED) is 0.358. The number of carbonyl (C=O) groups excluding carboxylic acids is 1. The molecular formula is C21H18N4O3S2. The lowest BCUT2D eigenvalue weighted by atomic mass is 10.2. The molecule has 7 nitrogen and oxygen atoms in total. The molecule has 3 aromatic heterocycles. The molecule has 1 N–H and O–H groups in total. The number of anilines is 1. The van der Waals surface area contributed by atoms with Gasteiger partial charge in [0.2, 0.25) is 0 Å². The number of nitrogens with one attached hydrogen (secondary N) is 1. The van der Waals surface area contributed by atoms with Crippen LogP contribution in [0.3, 0.4) is 0 Å². The van der Waals surface area contributed by atoms with Gasteiger partial charge in [-0.25, -0.2) is 4.98 Å². The Kier molecular flexibility index (Phi) is 5.56. The van der Waals surface area contributed by atoms with Gasteiger partial charge in [0.1, 0.15) is 21.5 Å². The van der Waals surface area contributed by atoms with Crippen molar-refractivity contribution in [2.75, 3.05) is 11.9 Å². The largest absolute Gasteiger partial charge is 0.467 e. The highest BCUT2D eigenvalue weighted by Gasteiger charge is 2.33. The molecule has 4 heterocycles. The van der Waals surface area contributed by atoms with Gasteiger partial charge in [0.25, 0.3) is 11.5 Å². The fraction of sp³-hybridized carbons (Fsp3) is 0.143. The lowest BCUT2D eigenvalue weighted by molar-refractivity contribution is -0.122. The van der Waals surface area contributed by atoms with E-state index in [2.05, 4.69) is 16.9 Å². The summed E-state index contributed by atoms with van der Waals surface area (Å²) in [4.78, 5) is 32.5. The van der Waals surface area contributed by atoms with Gasteiger partial charge in [0.15, 0.2) is 0 Å². The predicted octanol–water partition coefficient (Wildman–Crippen LogP) is 3.60. The van der Waals surface area contributed by atoms with Gasteiger partial charge in [0.05, 0.1) is 23.3 Å². The molecule has 1 aliphatic heterocycles. The summed E-state index contributed by atoms with van der Waals surface area (Å²) in [6, 6.07) is 7.20. The average molecular weight is 439 g/mol. The number of hydrogen-bond acceptors (Lipinski definition) is 7. The van der Waals surface area contributed by atoms with E-state index in [0.29, 0.717) is 38.6 Å². The van der Waals surface area contributed by atoms with E-state index in [0.717, 1.165) is 17.3 Å². The van der Waals surface area contributed by atoms with Crippen molar-refractivity contribution < 1.29 is 9.21 Å². The molecule has 1 aliphatic rings. The number of pyridine rings is 1. The minimum absolute atomic E-state index is 0.241. The van der Waals surface area contributed by atoms with Crippen LogP contribution in [0.1, 0.15) is 16.9 Å². The zero-order chi connectivity index (χ0) is 21.3. The number of nitrogens with zero attached hydrogens (tertiary/aromatic N) is 3. The van der Waals surface area contributed by atoms with Gasteiger partial charge in [-0.1, -0.05) is 36.1 Å². The number of carbonyl (C=O) groups is 1. The number of thiocarbonyl (C=S) groups is 1. The molecule has 30 heavy (non-hydrogen) atoms. The standard InChI is InChI=1S/C21H18N4O3S2/c1-3-8-22-18-15(19(26)24-11-13(2)6-7-17(24)23-18)10-16-20(27)25(21(29)30-16)12-14-5-4-9-28-14/h3-7,9-11,22H,1,8,12H2,2H3/b16-10-. The normalized spacial score (nSPS) is 15.4. The van der Waals surface area contributed by atoms with Crippen molar-refractivity contribution in [3.8, 4) is 0 Å². The Balaban J connectivity index is 1.78. The van der Waals surface area contributed by atoms with Gasteiger partial charge in [-0.05, 0) is 36.8 Å². The Hall–Kier alpha value is -3.17. The van der Waals surface area contributed by atoms with Crippen LogP contribution in [0.15, 0.2) is 63.5 Å². The molecule has 0 unspecified atom stereocenters. The van der Waals surface area contributed by atoms with Gasteiger partial charge in [0, 0.05) is 12.7 Å². The van der Waals surface area contributed by atoms with Crippen LogP contribution in [0.4, 0.5) is 5.82 Å². The predicted molar refractivity (Wildman–Crippen MR) is 122 cm³/mol. The smallest absolute Gasteiger partial charge is 0.267 e. The number of hydrogen-bond donors (Lipinski definition) is 1. The maximum absolute atomic E-state index is 13.2. The molecule has 0 radical (unpaired) electrons. The van der Waals surface area contributed by atoms with E-state index in [9.17, 15) is 9.59 Å². The Morgan fingerprint density at radius 1 is 1.33 bits per heavy atom. The highest BCUT2D eigenvalue weighted by molar-refractivity contribution is 8.26. The van der Waals surface area contributed by atoms with Gasteiger partial charge >= 0.3 is 0 Å². The van der Waals surface area contributed by atoms with Crippen molar-refractivity contribution in [3.63, 3.8) is 0 Å². The molecule has 0 spiro atoms. The van der Waals surface area contributed by atoms with E-state index in [1.807, 2.05) is 13.0 Å². The maximum atomic E-state index is 13.2. The molecule has 3 aromatic rings. The molecule has 9 heteroatoms. The summed E-state index contributed by atoms with van der Waals surface area (Å²) in [7, 11) is 0.